The van der Waals surface area contributed by atoms with E-state index in [1.54, 1.807) is 28.8 Å². The van der Waals surface area contributed by atoms with Crippen molar-refractivity contribution in [3.05, 3.63) is 69.6 Å². The first-order valence-corrected chi connectivity index (χ1v) is 9.26. The summed E-state index contributed by atoms with van der Waals surface area (Å²) in [7, 11) is 3.75. The van der Waals surface area contributed by atoms with Crippen molar-refractivity contribution in [2.75, 3.05) is 14.1 Å². The molecule has 0 aliphatic heterocycles. The summed E-state index contributed by atoms with van der Waals surface area (Å²) in [5, 5.41) is 11.3. The van der Waals surface area contributed by atoms with Crippen molar-refractivity contribution < 1.29 is 0 Å². The summed E-state index contributed by atoms with van der Waals surface area (Å²) in [6.07, 6.45) is 7.18. The normalized spacial score (nSPS) is 12.4. The van der Waals surface area contributed by atoms with Crippen molar-refractivity contribution in [1.29, 1.82) is 0 Å². The van der Waals surface area contributed by atoms with Crippen LogP contribution in [0.1, 0.15) is 10.4 Å². The number of hydrogen-bond acceptors (Lipinski definition) is 5. The van der Waals surface area contributed by atoms with Crippen LogP contribution >= 0.6 is 27.3 Å². The molecule has 0 saturated heterocycles. The fourth-order valence-electron chi connectivity index (χ4n) is 1.94. The molecular weight excluding hydrogens is 398 g/mol. The smallest absolute Gasteiger partial charge is 0.146 e. The first kappa shape index (κ1) is 19.1. The van der Waals surface area contributed by atoms with E-state index in [1.807, 2.05) is 49.9 Å². The van der Waals surface area contributed by atoms with Gasteiger partial charge < -0.3 is 5.32 Å². The molecule has 2 rings (SSSR count). The van der Waals surface area contributed by atoms with Crippen LogP contribution in [-0.4, -0.2) is 36.1 Å². The Labute approximate surface area is 160 Å². The van der Waals surface area contributed by atoms with Gasteiger partial charge in [0.25, 0.3) is 0 Å². The van der Waals surface area contributed by atoms with Gasteiger partial charge in [-0.1, -0.05) is 18.7 Å². The van der Waals surface area contributed by atoms with Gasteiger partial charge in [-0.2, -0.15) is 5.10 Å². The van der Waals surface area contributed by atoms with E-state index < -0.39 is 0 Å². The van der Waals surface area contributed by atoms with E-state index in [-0.39, 0.29) is 0 Å². The minimum Gasteiger partial charge on any atom is -0.387 e. The van der Waals surface area contributed by atoms with E-state index in [4.69, 9.17) is 4.99 Å². The molecular formula is C18H20BrN5S. The summed E-state index contributed by atoms with van der Waals surface area (Å²) in [6.45, 7) is 4.29. The van der Waals surface area contributed by atoms with E-state index in [2.05, 4.69) is 44.0 Å². The molecule has 0 aromatic carbocycles. The van der Waals surface area contributed by atoms with Gasteiger partial charge in [0.05, 0.1) is 23.3 Å². The minimum atomic E-state index is 0.524. The lowest BCUT2D eigenvalue weighted by Crippen LogP contribution is -2.21. The fraction of sp³-hybridized carbons (Fsp3) is 0.167. The Balaban J connectivity index is 2.32. The zero-order valence-electron chi connectivity index (χ0n) is 14.2. The number of aromatic nitrogens is 1. The van der Waals surface area contributed by atoms with Crippen LogP contribution in [0.2, 0.25) is 0 Å². The molecule has 0 spiro atoms. The summed E-state index contributed by atoms with van der Waals surface area (Å²) < 4.78 is 0.696. The molecule has 0 aliphatic carbocycles. The SMILES string of the molecule is C=C(Br)/C=N\N(C)C(C=C(NC)c1cccs1)=NCc1cccnc1. The molecule has 0 aliphatic rings. The number of rotatable bonds is 7. The number of pyridine rings is 1. The number of aliphatic imine (C=N–C) groups is 1. The maximum Gasteiger partial charge on any atom is 0.146 e. The minimum absolute atomic E-state index is 0.524. The number of nitrogens with zero attached hydrogens (tertiary/aromatic N) is 4. The average Bonchev–Trinajstić information content (AvgIpc) is 3.15. The summed E-state index contributed by atoms with van der Waals surface area (Å²) in [6, 6.07) is 7.99. The molecule has 7 heteroatoms. The molecule has 130 valence electrons. The fourth-order valence-corrected chi connectivity index (χ4v) is 2.78. The van der Waals surface area contributed by atoms with Crippen LogP contribution in [0.3, 0.4) is 0 Å². The monoisotopic (exact) mass is 417 g/mol. The van der Waals surface area contributed by atoms with Crippen molar-refractivity contribution in [2.24, 2.45) is 10.1 Å². The number of halogens is 1. The average molecular weight is 418 g/mol. The number of hydrazone groups is 1. The third-order valence-electron chi connectivity index (χ3n) is 3.18. The maximum atomic E-state index is 4.70. The van der Waals surface area contributed by atoms with Gasteiger partial charge in [-0.05, 0) is 39.0 Å². The lowest BCUT2D eigenvalue weighted by Gasteiger charge is -2.15. The van der Waals surface area contributed by atoms with Gasteiger partial charge >= 0.3 is 0 Å². The molecule has 0 amide bonds. The van der Waals surface area contributed by atoms with Crippen LogP contribution in [0.15, 0.2) is 69.3 Å². The van der Waals surface area contributed by atoms with E-state index in [0.717, 1.165) is 22.0 Å². The Morgan fingerprint density at radius 3 is 2.88 bits per heavy atom. The number of allylic oxidation sites excluding steroid dienone is 1. The Morgan fingerprint density at radius 1 is 1.44 bits per heavy atom. The van der Waals surface area contributed by atoms with Gasteiger partial charge in [0, 0.05) is 37.0 Å². The van der Waals surface area contributed by atoms with Crippen LogP contribution < -0.4 is 5.32 Å². The van der Waals surface area contributed by atoms with Gasteiger partial charge in [-0.25, -0.2) is 0 Å². The van der Waals surface area contributed by atoms with Crippen molar-refractivity contribution in [3.8, 4) is 0 Å². The standard InChI is InChI=1S/C18H20BrN5S/c1-14(19)11-23-24(3)18(22-13-15-6-4-8-21-12-15)10-16(20-2)17-7-5-9-25-17/h4-12,20H,1,13H2,2-3H3/b16-10?,22-18?,23-11-. The predicted molar refractivity (Wildman–Crippen MR) is 111 cm³/mol. The second kappa shape index (κ2) is 9.90. The highest BCUT2D eigenvalue weighted by atomic mass is 79.9. The Bertz CT molecular complexity index is 766. The van der Waals surface area contributed by atoms with E-state index in [1.165, 1.54) is 0 Å². The largest absolute Gasteiger partial charge is 0.387 e. The highest BCUT2D eigenvalue weighted by Crippen LogP contribution is 2.18. The number of nitrogens with one attached hydrogen (secondary N) is 1. The molecule has 2 aromatic heterocycles. The molecule has 0 radical (unpaired) electrons. The van der Waals surface area contributed by atoms with Crippen molar-refractivity contribution in [2.45, 2.75) is 6.54 Å². The quantitative estimate of drug-likeness (QED) is 0.418. The summed E-state index contributed by atoms with van der Waals surface area (Å²) in [5.74, 6) is 0.728. The third kappa shape index (κ3) is 6.28. The molecule has 2 aromatic rings. The molecule has 0 saturated carbocycles. The lowest BCUT2D eigenvalue weighted by molar-refractivity contribution is 0.547. The summed E-state index contributed by atoms with van der Waals surface area (Å²) in [4.78, 5) is 9.97. The Kier molecular flexibility index (Phi) is 7.56. The van der Waals surface area contributed by atoms with E-state index in [9.17, 15) is 0 Å². The van der Waals surface area contributed by atoms with Crippen molar-refractivity contribution >= 4 is 45.0 Å². The van der Waals surface area contributed by atoms with Gasteiger partial charge in [-0.15, -0.1) is 11.3 Å². The first-order chi connectivity index (χ1) is 12.1. The number of likely N-dealkylation sites (N-methyl/N-ethyl adjacent to an activating group) is 1. The van der Waals surface area contributed by atoms with Gasteiger partial charge in [-0.3, -0.25) is 15.0 Å². The number of amidine groups is 1. The molecule has 0 atom stereocenters. The Morgan fingerprint density at radius 2 is 2.28 bits per heavy atom. The van der Waals surface area contributed by atoms with Gasteiger partial charge in [0.1, 0.15) is 5.84 Å². The van der Waals surface area contributed by atoms with Crippen molar-refractivity contribution in [1.82, 2.24) is 15.3 Å². The summed E-state index contributed by atoms with van der Waals surface area (Å²) >= 11 is 4.95. The van der Waals surface area contributed by atoms with Crippen LogP contribution in [-0.2, 0) is 6.54 Å². The van der Waals surface area contributed by atoms with Crippen LogP contribution in [0.5, 0.6) is 0 Å². The third-order valence-corrected chi connectivity index (χ3v) is 4.29. The predicted octanol–water partition coefficient (Wildman–Crippen LogP) is 4.13. The van der Waals surface area contributed by atoms with E-state index >= 15 is 0 Å². The van der Waals surface area contributed by atoms with Crippen molar-refractivity contribution in [3.63, 3.8) is 0 Å². The maximum absolute atomic E-state index is 4.70. The Hall–Kier alpha value is -2.25. The van der Waals surface area contributed by atoms with Crippen LogP contribution in [0.4, 0.5) is 0 Å². The highest BCUT2D eigenvalue weighted by Gasteiger charge is 2.07. The van der Waals surface area contributed by atoms with Gasteiger partial charge in [0.15, 0.2) is 0 Å². The van der Waals surface area contributed by atoms with Gasteiger partial charge in [0.2, 0.25) is 0 Å². The topological polar surface area (TPSA) is 52.9 Å². The second-order valence-corrected chi connectivity index (χ2v) is 7.00. The molecule has 0 bridgehead atoms. The summed E-state index contributed by atoms with van der Waals surface area (Å²) in [5.41, 5.74) is 2.03. The molecule has 25 heavy (non-hydrogen) atoms. The molecule has 0 unspecified atom stereocenters. The molecule has 1 N–H and O–H groups in total. The zero-order chi connectivity index (χ0) is 18.1. The zero-order valence-corrected chi connectivity index (χ0v) is 16.6. The molecule has 5 nitrogen and oxygen atoms in total. The molecule has 0 fully saturated rings. The first-order valence-electron chi connectivity index (χ1n) is 7.59. The number of thiophene rings is 1. The van der Waals surface area contributed by atoms with Crippen LogP contribution in [0.25, 0.3) is 5.70 Å². The second-order valence-electron chi connectivity index (χ2n) is 5.04. The van der Waals surface area contributed by atoms with Crippen LogP contribution in [0, 0.1) is 0 Å². The highest BCUT2D eigenvalue weighted by molar-refractivity contribution is 9.12. The van der Waals surface area contributed by atoms with E-state index in [0.29, 0.717) is 11.0 Å². The lowest BCUT2D eigenvalue weighted by atomic mass is 10.3. The number of hydrogen-bond donors (Lipinski definition) is 1. The molecule has 2 heterocycles.